The summed E-state index contributed by atoms with van der Waals surface area (Å²) < 4.78 is 5.30. The number of methoxy groups -OCH3 is 1. The number of nitrogens with one attached hydrogen (secondary N) is 1. The molecule has 0 heterocycles. The van der Waals surface area contributed by atoms with Crippen molar-refractivity contribution in [1.82, 2.24) is 0 Å². The van der Waals surface area contributed by atoms with Gasteiger partial charge in [-0.1, -0.05) is 11.6 Å². The first-order valence-corrected chi connectivity index (χ1v) is 9.12. The number of carbonyl (C=O) groups is 1. The van der Waals surface area contributed by atoms with Gasteiger partial charge in [-0.2, -0.15) is 0 Å². The molecule has 2 N–H and O–H groups in total. The fourth-order valence-electron chi connectivity index (χ4n) is 5.92. The number of carbonyl (C=O) groups excluding carboxylic acids is 1. The fourth-order valence-corrected chi connectivity index (χ4v) is 6.09. The van der Waals surface area contributed by atoms with E-state index in [9.17, 15) is 9.90 Å². The number of halogens is 1. The highest BCUT2D eigenvalue weighted by Gasteiger charge is 2.57. The zero-order chi connectivity index (χ0) is 16.9. The van der Waals surface area contributed by atoms with E-state index in [0.29, 0.717) is 34.7 Å². The van der Waals surface area contributed by atoms with Crippen LogP contribution in [0.5, 0.6) is 5.75 Å². The van der Waals surface area contributed by atoms with Crippen LogP contribution in [0.3, 0.4) is 0 Å². The zero-order valence-corrected chi connectivity index (χ0v) is 14.7. The highest BCUT2D eigenvalue weighted by atomic mass is 35.5. The van der Waals surface area contributed by atoms with E-state index in [-0.39, 0.29) is 11.3 Å². The number of hydrogen-bond donors (Lipinski definition) is 2. The Hall–Kier alpha value is -1.26. The summed E-state index contributed by atoms with van der Waals surface area (Å²) in [5, 5.41) is 14.3. The third-order valence-electron chi connectivity index (χ3n) is 6.12. The highest BCUT2D eigenvalue weighted by Crippen LogP contribution is 2.62. The van der Waals surface area contributed by atoms with Crippen molar-refractivity contribution in [2.75, 3.05) is 12.4 Å². The van der Waals surface area contributed by atoms with Gasteiger partial charge in [-0.15, -0.1) is 0 Å². The molecular weight excluding hydrogens is 326 g/mol. The van der Waals surface area contributed by atoms with Crippen LogP contribution in [0, 0.1) is 17.3 Å². The molecule has 4 atom stereocenters. The van der Waals surface area contributed by atoms with E-state index in [2.05, 4.69) is 5.32 Å². The predicted octanol–water partition coefficient (Wildman–Crippen LogP) is 4.01. The van der Waals surface area contributed by atoms with Gasteiger partial charge in [0.05, 0.1) is 18.4 Å². The molecule has 4 nitrogen and oxygen atoms in total. The van der Waals surface area contributed by atoms with Gasteiger partial charge in [-0.25, -0.2) is 0 Å². The summed E-state index contributed by atoms with van der Waals surface area (Å²) >= 11 is 6.04. The Balaban J connectivity index is 1.50. The van der Waals surface area contributed by atoms with Gasteiger partial charge >= 0.3 is 0 Å². The number of hydrogen-bond acceptors (Lipinski definition) is 3. The number of rotatable bonds is 4. The first-order chi connectivity index (χ1) is 11.4. The molecule has 5 heteroatoms. The van der Waals surface area contributed by atoms with Crippen molar-refractivity contribution in [1.29, 1.82) is 0 Å². The molecule has 0 saturated heterocycles. The monoisotopic (exact) mass is 349 g/mol. The molecule has 130 valence electrons. The van der Waals surface area contributed by atoms with Crippen LogP contribution >= 0.6 is 11.6 Å². The van der Waals surface area contributed by atoms with Crippen molar-refractivity contribution in [2.45, 2.75) is 50.5 Å². The summed E-state index contributed by atoms with van der Waals surface area (Å²) in [5.41, 5.74) is 0.0470. The van der Waals surface area contributed by atoms with Gasteiger partial charge in [-0.3, -0.25) is 4.79 Å². The van der Waals surface area contributed by atoms with Gasteiger partial charge in [0.2, 0.25) is 5.91 Å². The third-order valence-corrected chi connectivity index (χ3v) is 6.36. The van der Waals surface area contributed by atoms with Gasteiger partial charge < -0.3 is 15.2 Å². The third kappa shape index (κ3) is 2.91. The Bertz CT molecular complexity index is 661. The molecule has 4 saturated carbocycles. The summed E-state index contributed by atoms with van der Waals surface area (Å²) in [6, 6.07) is 5.21. The molecule has 4 bridgehead atoms. The SMILES string of the molecule is COc1ccc(Cl)cc1NC(=O)CC12C[C@@H]3C[C@@H](CC(O)(C3)C1)C2. The average molecular weight is 350 g/mol. The normalized spacial score (nSPS) is 36.6. The van der Waals surface area contributed by atoms with Crippen LogP contribution < -0.4 is 10.1 Å². The molecule has 0 aliphatic heterocycles. The Morgan fingerprint density at radius 1 is 1.33 bits per heavy atom. The molecule has 4 fully saturated rings. The molecule has 24 heavy (non-hydrogen) atoms. The summed E-state index contributed by atoms with van der Waals surface area (Å²) in [7, 11) is 1.58. The summed E-state index contributed by atoms with van der Waals surface area (Å²) in [4.78, 5) is 12.7. The molecule has 4 aliphatic carbocycles. The van der Waals surface area contributed by atoms with E-state index in [1.807, 2.05) is 0 Å². The van der Waals surface area contributed by atoms with Crippen molar-refractivity contribution in [3.05, 3.63) is 23.2 Å². The molecular formula is C19H24ClNO3. The lowest BCUT2D eigenvalue weighted by atomic mass is 9.47. The van der Waals surface area contributed by atoms with Crippen LogP contribution in [-0.2, 0) is 4.79 Å². The number of ether oxygens (including phenoxy) is 1. The second kappa shape index (κ2) is 5.63. The molecule has 4 aliphatic rings. The van der Waals surface area contributed by atoms with Crippen LogP contribution in [0.25, 0.3) is 0 Å². The smallest absolute Gasteiger partial charge is 0.225 e. The number of anilines is 1. The molecule has 1 aromatic rings. The standard InChI is InChI=1S/C19H24ClNO3/c1-24-16-3-2-14(20)5-15(16)21-17(22)10-18-6-12-4-13(7-18)9-19(23,8-12)11-18/h2-3,5,12-13,23H,4,6-11H2,1H3,(H,21,22)/t12-,13+,18?,19?. The van der Waals surface area contributed by atoms with E-state index < -0.39 is 5.60 Å². The van der Waals surface area contributed by atoms with Crippen LogP contribution in [0.15, 0.2) is 18.2 Å². The average Bonchev–Trinajstić information content (AvgIpc) is 2.43. The second-order valence-corrected chi connectivity index (χ2v) is 8.69. The van der Waals surface area contributed by atoms with E-state index in [1.165, 1.54) is 6.42 Å². The van der Waals surface area contributed by atoms with Crippen molar-refractivity contribution in [3.63, 3.8) is 0 Å². The molecule has 2 unspecified atom stereocenters. The maximum Gasteiger partial charge on any atom is 0.225 e. The number of amides is 1. The van der Waals surface area contributed by atoms with E-state index >= 15 is 0 Å². The highest BCUT2D eigenvalue weighted by molar-refractivity contribution is 6.31. The number of aliphatic hydroxyl groups is 1. The Kier molecular flexibility index (Phi) is 3.81. The maximum absolute atomic E-state index is 12.7. The minimum Gasteiger partial charge on any atom is -0.495 e. The van der Waals surface area contributed by atoms with Crippen molar-refractivity contribution < 1.29 is 14.6 Å². The minimum atomic E-state index is -0.530. The largest absolute Gasteiger partial charge is 0.495 e. The zero-order valence-electron chi connectivity index (χ0n) is 14.0. The van der Waals surface area contributed by atoms with Gasteiger partial charge in [0.1, 0.15) is 5.75 Å². The van der Waals surface area contributed by atoms with E-state index in [0.717, 1.165) is 32.1 Å². The first-order valence-electron chi connectivity index (χ1n) is 8.75. The topological polar surface area (TPSA) is 58.6 Å². The van der Waals surface area contributed by atoms with Crippen molar-refractivity contribution in [2.24, 2.45) is 17.3 Å². The molecule has 1 aromatic carbocycles. The van der Waals surface area contributed by atoms with E-state index in [4.69, 9.17) is 16.3 Å². The van der Waals surface area contributed by atoms with Gasteiger partial charge in [0.25, 0.3) is 0 Å². The van der Waals surface area contributed by atoms with Gasteiger partial charge in [-0.05, 0) is 74.0 Å². The predicted molar refractivity (Wildman–Crippen MR) is 93.3 cm³/mol. The van der Waals surface area contributed by atoms with Crippen LogP contribution in [0.4, 0.5) is 5.69 Å². The lowest BCUT2D eigenvalue weighted by Gasteiger charge is -2.60. The quantitative estimate of drug-likeness (QED) is 0.863. The Morgan fingerprint density at radius 3 is 2.67 bits per heavy atom. The fraction of sp³-hybridized carbons (Fsp3) is 0.632. The van der Waals surface area contributed by atoms with E-state index in [1.54, 1.807) is 25.3 Å². The molecule has 0 aromatic heterocycles. The van der Waals surface area contributed by atoms with Crippen molar-refractivity contribution >= 4 is 23.2 Å². The van der Waals surface area contributed by atoms with Crippen LogP contribution in [-0.4, -0.2) is 23.7 Å². The lowest BCUT2D eigenvalue weighted by molar-refractivity contribution is -0.167. The Labute approximate surface area is 147 Å². The van der Waals surface area contributed by atoms with Crippen molar-refractivity contribution in [3.8, 4) is 5.75 Å². The summed E-state index contributed by atoms with van der Waals surface area (Å²) in [6.45, 7) is 0. The van der Waals surface area contributed by atoms with Gasteiger partial charge in [0.15, 0.2) is 0 Å². The summed E-state index contributed by atoms with van der Waals surface area (Å²) in [6.07, 6.45) is 6.47. The molecule has 1 amide bonds. The van der Waals surface area contributed by atoms with Gasteiger partial charge in [0, 0.05) is 11.4 Å². The molecule has 0 spiro atoms. The Morgan fingerprint density at radius 2 is 2.04 bits per heavy atom. The van der Waals surface area contributed by atoms with Crippen LogP contribution in [0.2, 0.25) is 5.02 Å². The molecule has 5 rings (SSSR count). The minimum absolute atomic E-state index is 0.0129. The number of benzene rings is 1. The maximum atomic E-state index is 12.7. The summed E-state index contributed by atoms with van der Waals surface area (Å²) in [5.74, 6) is 1.77. The second-order valence-electron chi connectivity index (χ2n) is 8.25. The lowest BCUT2D eigenvalue weighted by Crippen LogP contribution is -2.56. The first kappa shape index (κ1) is 16.2. The van der Waals surface area contributed by atoms with Crippen LogP contribution in [0.1, 0.15) is 44.9 Å². The molecule has 0 radical (unpaired) electrons.